The van der Waals surface area contributed by atoms with Gasteiger partial charge in [-0.05, 0) is 31.2 Å². The highest BCUT2D eigenvalue weighted by atomic mass is 35.5. The van der Waals surface area contributed by atoms with Crippen LogP contribution in [-0.4, -0.2) is 55.8 Å². The molecule has 1 unspecified atom stereocenters. The van der Waals surface area contributed by atoms with Crippen LogP contribution in [0.5, 0.6) is 0 Å². The van der Waals surface area contributed by atoms with Crippen LogP contribution in [0.1, 0.15) is 6.92 Å². The van der Waals surface area contributed by atoms with E-state index < -0.39 is 21.9 Å². The number of sulfonamides is 1. The van der Waals surface area contributed by atoms with Crippen LogP contribution in [0.25, 0.3) is 0 Å². The number of hydrogen-bond donors (Lipinski definition) is 1. The topological polar surface area (TPSA) is 69.7 Å². The second-order valence-electron chi connectivity index (χ2n) is 6.78. The average molecular weight is 495 g/mol. The van der Waals surface area contributed by atoms with Gasteiger partial charge in [-0.3, -0.25) is 9.69 Å². The molecular weight excluding hydrogens is 476 g/mol. The molecule has 6 nitrogen and oxygen atoms in total. The molecule has 0 saturated carbocycles. The van der Waals surface area contributed by atoms with E-state index in [2.05, 4.69) is 5.32 Å². The summed E-state index contributed by atoms with van der Waals surface area (Å²) < 4.78 is 40.6. The Labute approximate surface area is 189 Å². The number of nitrogens with zero attached hydrogens (tertiary/aromatic N) is 2. The molecule has 30 heavy (non-hydrogen) atoms. The number of hydrogen-bond acceptors (Lipinski definition) is 4. The second kappa shape index (κ2) is 9.38. The van der Waals surface area contributed by atoms with Gasteiger partial charge in [0.15, 0.2) is 0 Å². The SMILES string of the molecule is CC(C(=O)Nc1cc(Cl)c(Cl)cc1Cl)N1CCN(S(=O)(=O)c2ccccc2F)CC1. The third-order valence-corrected chi connectivity index (χ3v) is 7.89. The smallest absolute Gasteiger partial charge is 0.246 e. The molecule has 1 fully saturated rings. The third kappa shape index (κ3) is 4.90. The van der Waals surface area contributed by atoms with E-state index in [-0.39, 0.29) is 39.0 Å². The number of piperazine rings is 1. The summed E-state index contributed by atoms with van der Waals surface area (Å²) in [6.07, 6.45) is 0. The first kappa shape index (κ1) is 23.2. The Morgan fingerprint density at radius 2 is 1.63 bits per heavy atom. The van der Waals surface area contributed by atoms with Crippen LogP contribution in [0.4, 0.5) is 10.1 Å². The maximum absolute atomic E-state index is 13.9. The number of benzene rings is 2. The van der Waals surface area contributed by atoms with E-state index >= 15 is 0 Å². The lowest BCUT2D eigenvalue weighted by Gasteiger charge is -2.36. The van der Waals surface area contributed by atoms with E-state index in [0.717, 1.165) is 6.07 Å². The number of carbonyl (C=O) groups is 1. The van der Waals surface area contributed by atoms with Crippen LogP contribution in [0, 0.1) is 5.82 Å². The predicted molar refractivity (Wildman–Crippen MR) is 116 cm³/mol. The number of rotatable bonds is 5. The Morgan fingerprint density at radius 1 is 1.03 bits per heavy atom. The number of halogens is 4. The van der Waals surface area contributed by atoms with Crippen molar-refractivity contribution >= 4 is 56.4 Å². The first-order valence-corrected chi connectivity index (χ1v) is 11.6. The van der Waals surface area contributed by atoms with Crippen LogP contribution >= 0.6 is 34.8 Å². The minimum atomic E-state index is -3.94. The number of anilines is 1. The molecule has 0 radical (unpaired) electrons. The second-order valence-corrected chi connectivity index (χ2v) is 9.91. The van der Waals surface area contributed by atoms with Crippen molar-refractivity contribution in [2.75, 3.05) is 31.5 Å². The van der Waals surface area contributed by atoms with Crippen molar-refractivity contribution in [2.24, 2.45) is 0 Å². The first-order valence-electron chi connectivity index (χ1n) is 9.05. The van der Waals surface area contributed by atoms with Crippen molar-refractivity contribution in [1.82, 2.24) is 9.21 Å². The van der Waals surface area contributed by atoms with Gasteiger partial charge in [0, 0.05) is 26.2 Å². The molecule has 1 saturated heterocycles. The number of nitrogens with one attached hydrogen (secondary N) is 1. The van der Waals surface area contributed by atoms with Gasteiger partial charge in [-0.25, -0.2) is 12.8 Å². The normalized spacial score (nSPS) is 17.0. The first-order chi connectivity index (χ1) is 14.1. The number of amides is 1. The molecule has 1 N–H and O–H groups in total. The van der Waals surface area contributed by atoms with Gasteiger partial charge in [-0.15, -0.1) is 0 Å². The summed E-state index contributed by atoms with van der Waals surface area (Å²) in [7, 11) is -3.94. The number of carbonyl (C=O) groups excluding carboxylic acids is 1. The van der Waals surface area contributed by atoms with Gasteiger partial charge in [-0.2, -0.15) is 4.31 Å². The van der Waals surface area contributed by atoms with Crippen molar-refractivity contribution in [2.45, 2.75) is 17.9 Å². The zero-order valence-electron chi connectivity index (χ0n) is 15.9. The molecule has 0 spiro atoms. The zero-order chi connectivity index (χ0) is 22.1. The quantitative estimate of drug-likeness (QED) is 0.635. The maximum atomic E-state index is 13.9. The largest absolute Gasteiger partial charge is 0.323 e. The van der Waals surface area contributed by atoms with E-state index in [1.54, 1.807) is 6.92 Å². The lowest BCUT2D eigenvalue weighted by atomic mass is 10.2. The van der Waals surface area contributed by atoms with Crippen LogP contribution in [-0.2, 0) is 14.8 Å². The van der Waals surface area contributed by atoms with E-state index in [1.807, 2.05) is 4.90 Å². The summed E-state index contributed by atoms with van der Waals surface area (Å²) in [5.74, 6) is -1.10. The monoisotopic (exact) mass is 493 g/mol. The molecule has 2 aromatic rings. The van der Waals surface area contributed by atoms with Gasteiger partial charge < -0.3 is 5.32 Å². The molecule has 1 aliphatic heterocycles. The average Bonchev–Trinajstić information content (AvgIpc) is 2.71. The Hall–Kier alpha value is -1.42. The van der Waals surface area contributed by atoms with E-state index in [4.69, 9.17) is 34.8 Å². The summed E-state index contributed by atoms with van der Waals surface area (Å²) >= 11 is 18.0. The zero-order valence-corrected chi connectivity index (χ0v) is 19.0. The van der Waals surface area contributed by atoms with Crippen LogP contribution in [0.2, 0.25) is 15.1 Å². The third-order valence-electron chi connectivity index (χ3n) is 4.92. The van der Waals surface area contributed by atoms with Crippen molar-refractivity contribution in [3.63, 3.8) is 0 Å². The fourth-order valence-electron chi connectivity index (χ4n) is 3.15. The van der Waals surface area contributed by atoms with Crippen LogP contribution < -0.4 is 5.32 Å². The molecule has 11 heteroatoms. The van der Waals surface area contributed by atoms with Gasteiger partial charge >= 0.3 is 0 Å². The summed E-state index contributed by atoms with van der Waals surface area (Å²) in [6.45, 7) is 2.63. The highest BCUT2D eigenvalue weighted by Crippen LogP contribution is 2.32. The van der Waals surface area contributed by atoms with E-state index in [0.29, 0.717) is 18.8 Å². The Morgan fingerprint density at radius 3 is 2.27 bits per heavy atom. The van der Waals surface area contributed by atoms with Crippen molar-refractivity contribution in [1.29, 1.82) is 0 Å². The molecule has 0 bridgehead atoms. The molecule has 1 heterocycles. The highest BCUT2D eigenvalue weighted by molar-refractivity contribution is 7.89. The Kier molecular flexibility index (Phi) is 7.27. The Balaban J connectivity index is 1.64. The molecular formula is C19H19Cl3FN3O3S. The molecule has 0 aliphatic carbocycles. The molecule has 1 atom stereocenters. The van der Waals surface area contributed by atoms with E-state index in [9.17, 15) is 17.6 Å². The van der Waals surface area contributed by atoms with Gasteiger partial charge in [0.2, 0.25) is 15.9 Å². The lowest BCUT2D eigenvalue weighted by molar-refractivity contribution is -0.121. The molecule has 1 aliphatic rings. The minimum absolute atomic E-state index is 0.141. The minimum Gasteiger partial charge on any atom is -0.323 e. The highest BCUT2D eigenvalue weighted by Gasteiger charge is 2.33. The molecule has 162 valence electrons. The predicted octanol–water partition coefficient (Wildman–Crippen LogP) is 4.12. The summed E-state index contributed by atoms with van der Waals surface area (Å²) in [4.78, 5) is 14.1. The van der Waals surface area contributed by atoms with Gasteiger partial charge in [0.05, 0.1) is 26.8 Å². The van der Waals surface area contributed by atoms with Crippen LogP contribution in [0.3, 0.4) is 0 Å². The van der Waals surface area contributed by atoms with E-state index in [1.165, 1.54) is 34.6 Å². The maximum Gasteiger partial charge on any atom is 0.246 e. The Bertz CT molecular complexity index is 1060. The summed E-state index contributed by atoms with van der Waals surface area (Å²) in [6, 6.07) is 7.64. The van der Waals surface area contributed by atoms with Gasteiger partial charge in [-0.1, -0.05) is 46.9 Å². The summed E-state index contributed by atoms with van der Waals surface area (Å²) in [5.41, 5.74) is 0.337. The molecule has 0 aromatic heterocycles. The standard InChI is InChI=1S/C19H19Cl3FN3O3S/c1-12(19(27)24-17-11-14(21)13(20)10-15(17)22)25-6-8-26(9-7-25)30(28,29)18-5-3-2-4-16(18)23/h2-5,10-12H,6-9H2,1H3,(H,24,27). The molecule has 1 amide bonds. The van der Waals surface area contributed by atoms with Crippen molar-refractivity contribution in [3.05, 3.63) is 57.3 Å². The molecule has 3 rings (SSSR count). The van der Waals surface area contributed by atoms with Gasteiger partial charge in [0.1, 0.15) is 10.7 Å². The molecule has 2 aromatic carbocycles. The van der Waals surface area contributed by atoms with Crippen LogP contribution in [0.15, 0.2) is 41.3 Å². The fraction of sp³-hybridized carbons (Fsp3) is 0.316. The fourth-order valence-corrected chi connectivity index (χ4v) is 5.23. The van der Waals surface area contributed by atoms with Gasteiger partial charge in [0.25, 0.3) is 0 Å². The lowest BCUT2D eigenvalue weighted by Crippen LogP contribution is -2.54. The van der Waals surface area contributed by atoms with Crippen molar-refractivity contribution in [3.8, 4) is 0 Å². The van der Waals surface area contributed by atoms with Crippen molar-refractivity contribution < 1.29 is 17.6 Å². The summed E-state index contributed by atoms with van der Waals surface area (Å²) in [5, 5.41) is 3.51.